The predicted molar refractivity (Wildman–Crippen MR) is 53.6 cm³/mol. The second-order valence-corrected chi connectivity index (χ2v) is 5.67. The quantitative estimate of drug-likeness (QED) is 0.717. The maximum absolute atomic E-state index is 9.70. The lowest BCUT2D eigenvalue weighted by Crippen LogP contribution is -2.46. The van der Waals surface area contributed by atoms with Gasteiger partial charge in [-0.1, -0.05) is 0 Å². The lowest BCUT2D eigenvalue weighted by atomic mass is 9.72. The molecule has 0 unspecified atom stereocenters. The molecule has 78 valence electrons. The third-order valence-electron chi connectivity index (χ3n) is 2.61. The highest BCUT2D eigenvalue weighted by atomic mass is 16.5. The zero-order valence-electron chi connectivity index (χ0n) is 9.42. The molecule has 1 fully saturated rings. The van der Waals surface area contributed by atoms with Gasteiger partial charge in [0, 0.05) is 0 Å². The molecule has 2 heteroatoms. The summed E-state index contributed by atoms with van der Waals surface area (Å²) in [4.78, 5) is 0. The molecule has 2 nitrogen and oxygen atoms in total. The Labute approximate surface area is 81.3 Å². The van der Waals surface area contributed by atoms with E-state index in [1.807, 2.05) is 13.8 Å². The minimum absolute atomic E-state index is 0.0464. The molecule has 0 amide bonds. The molecule has 0 aromatic rings. The largest absolute Gasteiger partial charge is 0.390 e. The summed E-state index contributed by atoms with van der Waals surface area (Å²) in [7, 11) is 0. The molecule has 0 aromatic heterocycles. The predicted octanol–water partition coefficient (Wildman–Crippen LogP) is 2.35. The summed E-state index contributed by atoms with van der Waals surface area (Å²) in [5, 5.41) is 9.70. The number of ether oxygens (including phenoxy) is 1. The van der Waals surface area contributed by atoms with E-state index < -0.39 is 5.60 Å². The van der Waals surface area contributed by atoms with Crippen molar-refractivity contribution in [2.45, 2.75) is 64.8 Å². The summed E-state index contributed by atoms with van der Waals surface area (Å²) in [6, 6.07) is 0. The fourth-order valence-corrected chi connectivity index (χ4v) is 1.74. The van der Waals surface area contributed by atoms with Gasteiger partial charge >= 0.3 is 0 Å². The first-order valence-electron chi connectivity index (χ1n) is 5.09. The van der Waals surface area contributed by atoms with E-state index in [1.54, 1.807) is 0 Å². The van der Waals surface area contributed by atoms with Crippen molar-refractivity contribution in [3.63, 3.8) is 0 Å². The van der Waals surface area contributed by atoms with E-state index in [2.05, 4.69) is 20.8 Å². The lowest BCUT2D eigenvalue weighted by Gasteiger charge is -2.44. The molecule has 0 aliphatic heterocycles. The summed E-state index contributed by atoms with van der Waals surface area (Å²) < 4.78 is 5.79. The van der Waals surface area contributed by atoms with Gasteiger partial charge in [-0.3, -0.25) is 0 Å². The lowest BCUT2D eigenvalue weighted by molar-refractivity contribution is -0.148. The molecule has 0 saturated heterocycles. The van der Waals surface area contributed by atoms with Gasteiger partial charge in [-0.15, -0.1) is 0 Å². The summed E-state index contributed by atoms with van der Waals surface area (Å²) in [6.45, 7) is 9.98. The van der Waals surface area contributed by atoms with Gasteiger partial charge in [0.05, 0.1) is 17.3 Å². The molecule has 0 spiro atoms. The Bertz CT molecular complexity index is 168. The van der Waals surface area contributed by atoms with Crippen LogP contribution >= 0.6 is 0 Å². The van der Waals surface area contributed by atoms with Crippen molar-refractivity contribution in [3.05, 3.63) is 0 Å². The number of aliphatic hydroxyl groups is 1. The van der Waals surface area contributed by atoms with Crippen LogP contribution in [0.3, 0.4) is 0 Å². The van der Waals surface area contributed by atoms with Crippen LogP contribution in [0.15, 0.2) is 0 Å². The molecule has 1 saturated carbocycles. The molecule has 0 atom stereocenters. The van der Waals surface area contributed by atoms with Gasteiger partial charge < -0.3 is 9.84 Å². The Morgan fingerprint density at radius 3 is 1.85 bits per heavy atom. The van der Waals surface area contributed by atoms with E-state index in [0.29, 0.717) is 12.0 Å². The van der Waals surface area contributed by atoms with Crippen LogP contribution in [-0.2, 0) is 4.74 Å². The first-order chi connectivity index (χ1) is 5.68. The molecule has 1 aliphatic carbocycles. The molecule has 1 rings (SSSR count). The topological polar surface area (TPSA) is 29.5 Å². The SMILES string of the molecule is CC(C)(C)OC1CC(C(C)(C)O)C1. The van der Waals surface area contributed by atoms with E-state index in [4.69, 9.17) is 4.74 Å². The number of hydrogen-bond acceptors (Lipinski definition) is 2. The van der Waals surface area contributed by atoms with E-state index in [0.717, 1.165) is 12.8 Å². The summed E-state index contributed by atoms with van der Waals surface area (Å²) in [5.41, 5.74) is -0.576. The Morgan fingerprint density at radius 2 is 1.54 bits per heavy atom. The second kappa shape index (κ2) is 3.25. The second-order valence-electron chi connectivity index (χ2n) is 5.67. The molecule has 0 radical (unpaired) electrons. The molecule has 0 bridgehead atoms. The highest BCUT2D eigenvalue weighted by Crippen LogP contribution is 2.39. The van der Waals surface area contributed by atoms with Crippen molar-refractivity contribution >= 4 is 0 Å². The molecule has 0 aromatic carbocycles. The Morgan fingerprint density at radius 1 is 1.08 bits per heavy atom. The van der Waals surface area contributed by atoms with Crippen LogP contribution in [0.5, 0.6) is 0 Å². The Balaban J connectivity index is 2.27. The van der Waals surface area contributed by atoms with Crippen LogP contribution in [0.2, 0.25) is 0 Å². The molecule has 1 aliphatic rings. The number of rotatable bonds is 2. The highest BCUT2D eigenvalue weighted by Gasteiger charge is 2.40. The van der Waals surface area contributed by atoms with Gasteiger partial charge in [0.1, 0.15) is 0 Å². The minimum Gasteiger partial charge on any atom is -0.390 e. The maximum Gasteiger partial charge on any atom is 0.0621 e. The zero-order chi connectivity index (χ0) is 10.3. The molecule has 13 heavy (non-hydrogen) atoms. The molecule has 1 N–H and O–H groups in total. The van der Waals surface area contributed by atoms with E-state index in [-0.39, 0.29) is 5.60 Å². The van der Waals surface area contributed by atoms with Gasteiger partial charge in [0.2, 0.25) is 0 Å². The van der Waals surface area contributed by atoms with E-state index >= 15 is 0 Å². The molecular weight excluding hydrogens is 164 g/mol. The van der Waals surface area contributed by atoms with Crippen molar-refractivity contribution < 1.29 is 9.84 Å². The van der Waals surface area contributed by atoms with Crippen molar-refractivity contribution in [1.82, 2.24) is 0 Å². The van der Waals surface area contributed by atoms with Gasteiger partial charge in [0.15, 0.2) is 0 Å². The standard InChI is InChI=1S/C11H22O2/c1-10(2,3)13-9-6-8(7-9)11(4,5)12/h8-9,12H,6-7H2,1-5H3. The molecule has 0 heterocycles. The first-order valence-corrected chi connectivity index (χ1v) is 5.09. The average molecular weight is 186 g/mol. The van der Waals surface area contributed by atoms with Crippen molar-refractivity contribution in [1.29, 1.82) is 0 Å². The number of hydrogen-bond donors (Lipinski definition) is 1. The first kappa shape index (κ1) is 11.0. The van der Waals surface area contributed by atoms with Gasteiger partial charge in [0.25, 0.3) is 0 Å². The van der Waals surface area contributed by atoms with Crippen molar-refractivity contribution in [3.8, 4) is 0 Å². The monoisotopic (exact) mass is 186 g/mol. The highest BCUT2D eigenvalue weighted by molar-refractivity contribution is 4.91. The van der Waals surface area contributed by atoms with Crippen LogP contribution in [-0.4, -0.2) is 22.4 Å². The summed E-state index contributed by atoms with van der Waals surface area (Å²) in [6.07, 6.45) is 2.36. The van der Waals surface area contributed by atoms with E-state index in [9.17, 15) is 5.11 Å². The van der Waals surface area contributed by atoms with Crippen LogP contribution in [0, 0.1) is 5.92 Å². The Kier molecular flexibility index (Phi) is 2.75. The zero-order valence-corrected chi connectivity index (χ0v) is 9.42. The van der Waals surface area contributed by atoms with Crippen LogP contribution < -0.4 is 0 Å². The normalized spacial score (nSPS) is 30.0. The molecular formula is C11H22O2. The van der Waals surface area contributed by atoms with Crippen LogP contribution in [0.4, 0.5) is 0 Å². The Hall–Kier alpha value is -0.0800. The maximum atomic E-state index is 9.70. The fourth-order valence-electron chi connectivity index (χ4n) is 1.74. The smallest absolute Gasteiger partial charge is 0.0621 e. The van der Waals surface area contributed by atoms with Crippen LogP contribution in [0.1, 0.15) is 47.5 Å². The summed E-state index contributed by atoms with van der Waals surface area (Å²) in [5.74, 6) is 0.417. The summed E-state index contributed by atoms with van der Waals surface area (Å²) >= 11 is 0. The average Bonchev–Trinajstić information content (AvgIpc) is 1.71. The van der Waals surface area contributed by atoms with Gasteiger partial charge in [-0.2, -0.15) is 0 Å². The van der Waals surface area contributed by atoms with Crippen molar-refractivity contribution in [2.24, 2.45) is 5.92 Å². The van der Waals surface area contributed by atoms with Gasteiger partial charge in [-0.05, 0) is 53.4 Å². The fraction of sp³-hybridized carbons (Fsp3) is 1.00. The third kappa shape index (κ3) is 3.28. The third-order valence-corrected chi connectivity index (χ3v) is 2.61. The van der Waals surface area contributed by atoms with Gasteiger partial charge in [-0.25, -0.2) is 0 Å². The van der Waals surface area contributed by atoms with E-state index in [1.165, 1.54) is 0 Å². The van der Waals surface area contributed by atoms with Crippen LogP contribution in [0.25, 0.3) is 0 Å². The van der Waals surface area contributed by atoms with Crippen molar-refractivity contribution in [2.75, 3.05) is 0 Å². The minimum atomic E-state index is -0.530.